The molecule has 1 aliphatic carbocycles. The third kappa shape index (κ3) is 4.33. The zero-order chi connectivity index (χ0) is 19.0. The molecule has 1 heterocycles. The molecule has 0 bridgehead atoms. The fourth-order valence-electron chi connectivity index (χ4n) is 3.63. The number of hydrogen-bond donors (Lipinski definition) is 1. The number of carbonyl (C=O) groups is 1. The van der Waals surface area contributed by atoms with Gasteiger partial charge in [-0.2, -0.15) is 0 Å². The topological polar surface area (TPSA) is 66.5 Å². The molecule has 4 rings (SSSR count). The fraction of sp³-hybridized carbons (Fsp3) is 0.381. The Morgan fingerprint density at radius 3 is 2.70 bits per heavy atom. The van der Waals surface area contributed by atoms with Crippen molar-refractivity contribution in [2.75, 3.05) is 11.3 Å². The van der Waals surface area contributed by atoms with Crippen LogP contribution >= 0.6 is 0 Å². The van der Waals surface area contributed by atoms with Crippen LogP contribution in [0.3, 0.4) is 0 Å². The molecule has 0 unspecified atom stereocenters. The standard InChI is InChI=1S/C21H24N2O3S/c1-15-3-2-4-16(11-15)14-27(25,26)22-20-8-7-17-9-10-23(13-19(17)12-20)21(24)18-5-6-18/h2-4,7-8,11-12,18,22H,5-6,9-10,13-14H2,1H3. The maximum Gasteiger partial charge on any atom is 0.236 e. The minimum atomic E-state index is -3.49. The molecule has 2 aliphatic rings. The third-order valence-electron chi connectivity index (χ3n) is 5.17. The van der Waals surface area contributed by atoms with Crippen molar-refractivity contribution < 1.29 is 13.2 Å². The van der Waals surface area contributed by atoms with Crippen LogP contribution in [0, 0.1) is 12.8 Å². The molecule has 2 aromatic rings. The van der Waals surface area contributed by atoms with Gasteiger partial charge in [0.05, 0.1) is 5.75 Å². The van der Waals surface area contributed by atoms with E-state index in [1.54, 1.807) is 0 Å². The van der Waals surface area contributed by atoms with Gasteiger partial charge in [0.15, 0.2) is 0 Å². The predicted molar refractivity (Wildman–Crippen MR) is 106 cm³/mol. The summed E-state index contributed by atoms with van der Waals surface area (Å²) >= 11 is 0. The van der Waals surface area contributed by atoms with Gasteiger partial charge in [0.25, 0.3) is 0 Å². The Balaban J connectivity index is 1.48. The highest BCUT2D eigenvalue weighted by Crippen LogP contribution is 2.33. The van der Waals surface area contributed by atoms with Gasteiger partial charge in [-0.25, -0.2) is 8.42 Å². The Hall–Kier alpha value is -2.34. The largest absolute Gasteiger partial charge is 0.338 e. The molecule has 5 nitrogen and oxygen atoms in total. The first-order chi connectivity index (χ1) is 12.9. The number of nitrogens with one attached hydrogen (secondary N) is 1. The molecule has 0 saturated heterocycles. The summed E-state index contributed by atoms with van der Waals surface area (Å²) < 4.78 is 27.8. The molecular weight excluding hydrogens is 360 g/mol. The molecule has 1 saturated carbocycles. The molecular formula is C21H24N2O3S. The van der Waals surface area contributed by atoms with Crippen LogP contribution in [0.1, 0.15) is 35.1 Å². The highest BCUT2D eigenvalue weighted by molar-refractivity contribution is 7.91. The molecule has 2 aromatic carbocycles. The fourth-order valence-corrected chi connectivity index (χ4v) is 4.81. The zero-order valence-corrected chi connectivity index (χ0v) is 16.3. The number of anilines is 1. The highest BCUT2D eigenvalue weighted by atomic mass is 32.2. The van der Waals surface area contributed by atoms with Gasteiger partial charge < -0.3 is 4.90 Å². The molecule has 0 aromatic heterocycles. The summed E-state index contributed by atoms with van der Waals surface area (Å²) in [4.78, 5) is 14.2. The van der Waals surface area contributed by atoms with Crippen molar-refractivity contribution in [3.63, 3.8) is 0 Å². The molecule has 0 atom stereocenters. The van der Waals surface area contributed by atoms with Gasteiger partial charge in [0, 0.05) is 24.7 Å². The van der Waals surface area contributed by atoms with Crippen LogP contribution in [-0.2, 0) is 33.5 Å². The molecule has 1 N–H and O–H groups in total. The number of hydrogen-bond acceptors (Lipinski definition) is 3. The second-order valence-corrected chi connectivity index (χ2v) is 9.34. The lowest BCUT2D eigenvalue weighted by Crippen LogP contribution is -2.36. The second-order valence-electron chi connectivity index (χ2n) is 7.62. The number of benzene rings is 2. The summed E-state index contributed by atoms with van der Waals surface area (Å²) in [7, 11) is -3.49. The van der Waals surface area contributed by atoms with Crippen LogP contribution in [0.5, 0.6) is 0 Å². The van der Waals surface area contributed by atoms with E-state index in [2.05, 4.69) is 4.72 Å². The van der Waals surface area contributed by atoms with E-state index in [9.17, 15) is 13.2 Å². The lowest BCUT2D eigenvalue weighted by molar-refractivity contribution is -0.133. The Bertz CT molecular complexity index is 981. The van der Waals surface area contributed by atoms with Crippen LogP contribution in [-0.4, -0.2) is 25.8 Å². The van der Waals surface area contributed by atoms with Crippen molar-refractivity contribution in [2.45, 2.75) is 38.5 Å². The normalized spacial score (nSPS) is 16.7. The van der Waals surface area contributed by atoms with Crippen molar-refractivity contribution in [3.05, 3.63) is 64.7 Å². The van der Waals surface area contributed by atoms with Crippen LogP contribution in [0.25, 0.3) is 0 Å². The third-order valence-corrected chi connectivity index (χ3v) is 6.43. The molecule has 0 radical (unpaired) electrons. The van der Waals surface area contributed by atoms with Gasteiger partial charge in [-0.1, -0.05) is 35.9 Å². The van der Waals surface area contributed by atoms with E-state index in [1.807, 2.05) is 54.3 Å². The minimum Gasteiger partial charge on any atom is -0.338 e. The van der Waals surface area contributed by atoms with E-state index < -0.39 is 10.0 Å². The maximum absolute atomic E-state index is 12.5. The SMILES string of the molecule is Cc1cccc(CS(=O)(=O)Nc2ccc3c(c2)CN(C(=O)C2CC2)CC3)c1. The molecule has 1 amide bonds. The van der Waals surface area contributed by atoms with E-state index in [4.69, 9.17) is 0 Å². The van der Waals surface area contributed by atoms with Gasteiger partial charge in [0.1, 0.15) is 0 Å². The molecule has 1 fully saturated rings. The summed E-state index contributed by atoms with van der Waals surface area (Å²) in [5.74, 6) is 0.395. The Morgan fingerprint density at radius 2 is 1.96 bits per heavy atom. The van der Waals surface area contributed by atoms with Crippen molar-refractivity contribution >= 4 is 21.6 Å². The van der Waals surface area contributed by atoms with Gasteiger partial charge in [-0.15, -0.1) is 0 Å². The zero-order valence-electron chi connectivity index (χ0n) is 15.4. The number of fused-ring (bicyclic) bond motifs is 1. The average molecular weight is 385 g/mol. The van der Waals surface area contributed by atoms with E-state index in [1.165, 1.54) is 5.56 Å². The summed E-state index contributed by atoms with van der Waals surface area (Å²) in [6, 6.07) is 13.2. The Labute approximate surface area is 160 Å². The summed E-state index contributed by atoms with van der Waals surface area (Å²) in [6.45, 7) is 3.26. The Kier molecular flexibility index (Phi) is 4.68. The molecule has 27 heavy (non-hydrogen) atoms. The Morgan fingerprint density at radius 1 is 1.15 bits per heavy atom. The van der Waals surface area contributed by atoms with Crippen molar-refractivity contribution in [1.82, 2.24) is 4.90 Å². The highest BCUT2D eigenvalue weighted by Gasteiger charge is 2.34. The maximum atomic E-state index is 12.5. The number of carbonyl (C=O) groups excluding carboxylic acids is 1. The smallest absolute Gasteiger partial charge is 0.236 e. The van der Waals surface area contributed by atoms with Crippen molar-refractivity contribution in [3.8, 4) is 0 Å². The van der Waals surface area contributed by atoms with Gasteiger partial charge in [-0.05, 0) is 55.0 Å². The van der Waals surface area contributed by atoms with E-state index >= 15 is 0 Å². The summed E-state index contributed by atoms with van der Waals surface area (Å²) in [5.41, 5.74) is 4.59. The lowest BCUT2D eigenvalue weighted by Gasteiger charge is -2.29. The lowest BCUT2D eigenvalue weighted by atomic mass is 9.99. The minimum absolute atomic E-state index is 0.0575. The molecule has 142 valence electrons. The number of aryl methyl sites for hydroxylation is 1. The van der Waals surface area contributed by atoms with Crippen LogP contribution in [0.15, 0.2) is 42.5 Å². The van der Waals surface area contributed by atoms with E-state index in [-0.39, 0.29) is 17.6 Å². The first-order valence-electron chi connectivity index (χ1n) is 9.36. The monoisotopic (exact) mass is 384 g/mol. The van der Waals surface area contributed by atoms with Gasteiger partial charge in [0.2, 0.25) is 15.9 Å². The van der Waals surface area contributed by atoms with E-state index in [0.29, 0.717) is 12.2 Å². The average Bonchev–Trinajstić information content (AvgIpc) is 3.44. The van der Waals surface area contributed by atoms with Gasteiger partial charge >= 0.3 is 0 Å². The first kappa shape index (κ1) is 18.0. The number of rotatable bonds is 5. The van der Waals surface area contributed by atoms with Crippen molar-refractivity contribution in [1.29, 1.82) is 0 Å². The number of sulfonamides is 1. The quantitative estimate of drug-likeness (QED) is 0.861. The van der Waals surface area contributed by atoms with Crippen molar-refractivity contribution in [2.24, 2.45) is 5.92 Å². The molecule has 0 spiro atoms. The summed E-state index contributed by atoms with van der Waals surface area (Å²) in [6.07, 6.45) is 2.83. The van der Waals surface area contributed by atoms with Crippen LogP contribution < -0.4 is 4.72 Å². The number of amides is 1. The van der Waals surface area contributed by atoms with Crippen LogP contribution in [0.2, 0.25) is 0 Å². The van der Waals surface area contributed by atoms with Gasteiger partial charge in [-0.3, -0.25) is 9.52 Å². The second kappa shape index (κ2) is 7.00. The molecule has 1 aliphatic heterocycles. The predicted octanol–water partition coefficient (Wildman–Crippen LogP) is 3.23. The van der Waals surface area contributed by atoms with Crippen LogP contribution in [0.4, 0.5) is 5.69 Å². The first-order valence-corrected chi connectivity index (χ1v) is 11.0. The molecule has 6 heteroatoms. The van der Waals surface area contributed by atoms with E-state index in [0.717, 1.165) is 42.5 Å². The summed E-state index contributed by atoms with van der Waals surface area (Å²) in [5, 5.41) is 0. The number of nitrogens with zero attached hydrogens (tertiary/aromatic N) is 1.